The molecule has 0 fully saturated rings. The second kappa shape index (κ2) is 9.62. The Morgan fingerprint density at radius 1 is 0.923 bits per heavy atom. The summed E-state index contributed by atoms with van der Waals surface area (Å²) in [5.41, 5.74) is 0.943. The topological polar surface area (TPSA) is 81.7 Å². The third kappa shape index (κ3) is 5.10. The summed E-state index contributed by atoms with van der Waals surface area (Å²) in [5, 5.41) is 2.56. The van der Waals surface area contributed by atoms with Crippen molar-refractivity contribution >= 4 is 35.3 Å². The van der Waals surface area contributed by atoms with Gasteiger partial charge in [-0.2, -0.15) is 0 Å². The minimum absolute atomic E-state index is 0.230. The fourth-order valence-corrected chi connectivity index (χ4v) is 2.77. The molecular formula is C19H19NO5S. The average molecular weight is 373 g/mol. The summed E-state index contributed by atoms with van der Waals surface area (Å²) in [6.07, 6.45) is 1.85. The number of ether oxygens (including phenoxy) is 2. The summed E-state index contributed by atoms with van der Waals surface area (Å²) in [6.45, 7) is 1.47. The maximum Gasteiger partial charge on any atom is 0.340 e. The Balaban J connectivity index is 1.99. The van der Waals surface area contributed by atoms with Crippen LogP contribution in [0.3, 0.4) is 0 Å². The van der Waals surface area contributed by atoms with Gasteiger partial charge in [-0.1, -0.05) is 24.3 Å². The van der Waals surface area contributed by atoms with Gasteiger partial charge < -0.3 is 14.8 Å². The number of amides is 1. The summed E-state index contributed by atoms with van der Waals surface area (Å²) in [5.74, 6) is -1.66. The van der Waals surface area contributed by atoms with E-state index in [-0.39, 0.29) is 12.2 Å². The quantitative estimate of drug-likeness (QED) is 0.592. The maximum atomic E-state index is 12.2. The Bertz CT molecular complexity index is 806. The first-order valence-corrected chi connectivity index (χ1v) is 9.15. The lowest BCUT2D eigenvalue weighted by Gasteiger charge is -2.11. The number of rotatable bonds is 7. The number of carbonyl (C=O) groups excluding carboxylic acids is 3. The van der Waals surface area contributed by atoms with Crippen molar-refractivity contribution in [2.45, 2.75) is 11.8 Å². The number of esters is 2. The van der Waals surface area contributed by atoms with E-state index in [4.69, 9.17) is 9.47 Å². The Hall–Kier alpha value is -2.80. The van der Waals surface area contributed by atoms with Gasteiger partial charge in [-0.3, -0.25) is 4.79 Å². The van der Waals surface area contributed by atoms with Gasteiger partial charge in [0, 0.05) is 4.90 Å². The fraction of sp³-hybridized carbons (Fsp3) is 0.211. The molecule has 7 heteroatoms. The third-order valence-corrected chi connectivity index (χ3v) is 4.15. The van der Waals surface area contributed by atoms with Gasteiger partial charge in [0.1, 0.15) is 0 Å². The highest BCUT2D eigenvalue weighted by molar-refractivity contribution is 7.98. The minimum atomic E-state index is -0.580. The van der Waals surface area contributed by atoms with Gasteiger partial charge in [-0.05, 0) is 37.4 Å². The summed E-state index contributed by atoms with van der Waals surface area (Å²) in [7, 11) is 0. The second-order valence-corrected chi connectivity index (χ2v) is 5.94. The molecule has 0 radical (unpaired) electrons. The highest BCUT2D eigenvalue weighted by Gasteiger charge is 2.16. The molecule has 136 valence electrons. The molecule has 2 rings (SSSR count). The normalized spacial score (nSPS) is 10.1. The van der Waals surface area contributed by atoms with Crippen molar-refractivity contribution in [1.82, 2.24) is 0 Å². The first-order valence-electron chi connectivity index (χ1n) is 7.93. The van der Waals surface area contributed by atoms with E-state index in [0.29, 0.717) is 11.3 Å². The summed E-state index contributed by atoms with van der Waals surface area (Å²) in [4.78, 5) is 36.9. The molecule has 0 saturated heterocycles. The van der Waals surface area contributed by atoms with Crippen LogP contribution in [0, 0.1) is 0 Å². The van der Waals surface area contributed by atoms with Gasteiger partial charge in [-0.15, -0.1) is 11.8 Å². The predicted molar refractivity (Wildman–Crippen MR) is 99.5 cm³/mol. The van der Waals surface area contributed by atoms with Crippen LogP contribution in [0.5, 0.6) is 0 Å². The summed E-state index contributed by atoms with van der Waals surface area (Å²) in [6, 6.07) is 13.5. The predicted octanol–water partition coefficient (Wildman–Crippen LogP) is 3.38. The van der Waals surface area contributed by atoms with Crippen molar-refractivity contribution in [2.75, 3.05) is 24.8 Å². The lowest BCUT2D eigenvalue weighted by Crippen LogP contribution is -2.22. The van der Waals surface area contributed by atoms with Crippen LogP contribution in [0.25, 0.3) is 0 Å². The largest absolute Gasteiger partial charge is 0.462 e. The van der Waals surface area contributed by atoms with Gasteiger partial charge in [0.2, 0.25) is 0 Å². The number of para-hydroxylation sites is 1. The molecule has 6 nitrogen and oxygen atoms in total. The van der Waals surface area contributed by atoms with E-state index >= 15 is 0 Å². The van der Waals surface area contributed by atoms with Crippen LogP contribution < -0.4 is 5.32 Å². The van der Waals surface area contributed by atoms with E-state index in [2.05, 4.69) is 5.32 Å². The highest BCUT2D eigenvalue weighted by Crippen LogP contribution is 2.20. The van der Waals surface area contributed by atoms with Crippen LogP contribution in [0.15, 0.2) is 53.4 Å². The molecule has 1 amide bonds. The van der Waals surface area contributed by atoms with E-state index in [1.54, 1.807) is 49.4 Å². The third-order valence-electron chi connectivity index (χ3n) is 3.36. The molecule has 2 aromatic rings. The molecule has 2 aromatic carbocycles. The molecule has 1 N–H and O–H groups in total. The van der Waals surface area contributed by atoms with Crippen molar-refractivity contribution in [2.24, 2.45) is 0 Å². The molecule has 0 unspecified atom stereocenters. The fourth-order valence-electron chi connectivity index (χ4n) is 2.19. The average Bonchev–Trinajstić information content (AvgIpc) is 2.66. The molecule has 0 aromatic heterocycles. The highest BCUT2D eigenvalue weighted by atomic mass is 32.2. The number of thioether (sulfide) groups is 1. The van der Waals surface area contributed by atoms with Gasteiger partial charge in [0.05, 0.1) is 23.4 Å². The molecule has 0 aliphatic carbocycles. The van der Waals surface area contributed by atoms with Crippen LogP contribution in [0.1, 0.15) is 27.6 Å². The first-order chi connectivity index (χ1) is 12.6. The first kappa shape index (κ1) is 19.5. The number of hydrogen-bond donors (Lipinski definition) is 1. The number of nitrogens with one attached hydrogen (secondary N) is 1. The Labute approximate surface area is 155 Å². The molecule has 0 aliphatic heterocycles. The smallest absolute Gasteiger partial charge is 0.340 e. The Morgan fingerprint density at radius 2 is 1.54 bits per heavy atom. The Morgan fingerprint density at radius 3 is 2.23 bits per heavy atom. The summed E-state index contributed by atoms with van der Waals surface area (Å²) < 4.78 is 10.0. The van der Waals surface area contributed by atoms with Crippen molar-refractivity contribution in [1.29, 1.82) is 0 Å². The van der Waals surface area contributed by atoms with E-state index < -0.39 is 24.5 Å². The lowest BCUT2D eigenvalue weighted by molar-refractivity contribution is -0.119. The van der Waals surface area contributed by atoms with Gasteiger partial charge in [0.15, 0.2) is 6.61 Å². The molecule has 0 aliphatic rings. The van der Waals surface area contributed by atoms with E-state index in [1.165, 1.54) is 11.8 Å². The van der Waals surface area contributed by atoms with Crippen LogP contribution >= 0.6 is 11.8 Å². The maximum absolute atomic E-state index is 12.2. The molecule has 0 atom stereocenters. The molecular weight excluding hydrogens is 354 g/mol. The minimum Gasteiger partial charge on any atom is -0.462 e. The molecule has 0 spiro atoms. The number of carbonyl (C=O) groups is 3. The van der Waals surface area contributed by atoms with Crippen LogP contribution in [-0.4, -0.2) is 37.3 Å². The zero-order valence-electron chi connectivity index (χ0n) is 14.5. The molecule has 0 saturated carbocycles. The van der Waals surface area contributed by atoms with Crippen LogP contribution in [-0.2, 0) is 14.3 Å². The number of anilines is 1. The molecule has 0 heterocycles. The summed E-state index contributed by atoms with van der Waals surface area (Å²) >= 11 is 1.42. The molecule has 26 heavy (non-hydrogen) atoms. The van der Waals surface area contributed by atoms with Gasteiger partial charge in [-0.25, -0.2) is 9.59 Å². The van der Waals surface area contributed by atoms with E-state index in [9.17, 15) is 14.4 Å². The van der Waals surface area contributed by atoms with Gasteiger partial charge >= 0.3 is 11.9 Å². The van der Waals surface area contributed by atoms with Crippen LogP contribution in [0.2, 0.25) is 0 Å². The van der Waals surface area contributed by atoms with Gasteiger partial charge in [0.25, 0.3) is 5.91 Å². The van der Waals surface area contributed by atoms with Crippen molar-refractivity contribution in [3.8, 4) is 0 Å². The van der Waals surface area contributed by atoms with E-state index in [1.807, 2.05) is 12.3 Å². The Kier molecular flexibility index (Phi) is 7.23. The monoisotopic (exact) mass is 373 g/mol. The second-order valence-electron chi connectivity index (χ2n) is 5.09. The zero-order valence-corrected chi connectivity index (χ0v) is 15.3. The molecule has 0 bridgehead atoms. The van der Waals surface area contributed by atoms with Crippen molar-refractivity contribution in [3.63, 3.8) is 0 Å². The SMILES string of the molecule is CCOC(=O)c1ccccc1NC(=O)COC(=O)c1ccccc1SC. The van der Waals surface area contributed by atoms with E-state index in [0.717, 1.165) is 4.90 Å². The number of hydrogen-bond acceptors (Lipinski definition) is 6. The zero-order chi connectivity index (χ0) is 18.9. The van der Waals surface area contributed by atoms with Crippen molar-refractivity contribution < 1.29 is 23.9 Å². The lowest BCUT2D eigenvalue weighted by atomic mass is 10.2. The standard InChI is InChI=1S/C19H19NO5S/c1-3-24-18(22)13-8-4-6-10-15(13)20-17(21)12-25-19(23)14-9-5-7-11-16(14)26-2/h4-11H,3,12H2,1-2H3,(H,20,21). The number of benzene rings is 2. The van der Waals surface area contributed by atoms with Crippen molar-refractivity contribution in [3.05, 3.63) is 59.7 Å². The van der Waals surface area contributed by atoms with Crippen LogP contribution in [0.4, 0.5) is 5.69 Å².